The molecule has 0 bridgehead atoms. The summed E-state index contributed by atoms with van der Waals surface area (Å²) in [6.07, 6.45) is 3.30. The molecule has 3 heterocycles. The molecule has 2 aliphatic rings. The number of nitrogens with one attached hydrogen (secondary N) is 1. The van der Waals surface area contributed by atoms with E-state index in [9.17, 15) is 9.18 Å². The molecule has 138 valence electrons. The Morgan fingerprint density at radius 2 is 2.19 bits per heavy atom. The van der Waals surface area contributed by atoms with Crippen LogP contribution in [0.1, 0.15) is 29.0 Å². The Labute approximate surface area is 151 Å². The number of benzene rings is 1. The van der Waals surface area contributed by atoms with Gasteiger partial charge in [0, 0.05) is 44.4 Å². The molecule has 1 aromatic heterocycles. The SMILES string of the molecule is O=C(NCCC1CCOC12CN(Cc1ccccc1F)C2)c1ccno1. The first-order valence-electron chi connectivity index (χ1n) is 8.95. The molecule has 1 aromatic carbocycles. The Morgan fingerprint density at radius 3 is 2.96 bits per heavy atom. The molecule has 4 rings (SSSR count). The maximum atomic E-state index is 13.8. The highest BCUT2D eigenvalue weighted by atomic mass is 19.1. The van der Waals surface area contributed by atoms with Gasteiger partial charge in [0.25, 0.3) is 5.91 Å². The van der Waals surface area contributed by atoms with Crippen LogP contribution in [0.15, 0.2) is 41.1 Å². The minimum absolute atomic E-state index is 0.151. The number of hydrogen-bond donors (Lipinski definition) is 1. The fourth-order valence-electron chi connectivity index (χ4n) is 4.01. The van der Waals surface area contributed by atoms with Crippen molar-refractivity contribution in [3.05, 3.63) is 53.7 Å². The van der Waals surface area contributed by atoms with Crippen LogP contribution >= 0.6 is 0 Å². The first kappa shape index (κ1) is 17.2. The lowest BCUT2D eigenvalue weighted by Crippen LogP contribution is -2.64. The first-order chi connectivity index (χ1) is 12.7. The van der Waals surface area contributed by atoms with E-state index in [4.69, 9.17) is 9.26 Å². The van der Waals surface area contributed by atoms with Gasteiger partial charge in [-0.05, 0) is 24.8 Å². The third kappa shape index (κ3) is 3.37. The van der Waals surface area contributed by atoms with Gasteiger partial charge >= 0.3 is 0 Å². The third-order valence-corrected chi connectivity index (χ3v) is 5.37. The van der Waals surface area contributed by atoms with Gasteiger partial charge in [0.1, 0.15) is 5.82 Å². The van der Waals surface area contributed by atoms with E-state index in [1.807, 2.05) is 12.1 Å². The normalized spacial score (nSPS) is 21.7. The standard InChI is InChI=1S/C19H22FN3O3/c20-16-4-2-1-3-14(16)11-23-12-19(13-23)15(7-10-25-19)5-8-21-18(24)17-6-9-22-26-17/h1-4,6,9,15H,5,7-8,10-13H2,(H,21,24). The molecule has 2 fully saturated rings. The molecule has 1 amide bonds. The van der Waals surface area contributed by atoms with E-state index < -0.39 is 0 Å². The summed E-state index contributed by atoms with van der Waals surface area (Å²) in [6.45, 7) is 3.54. The van der Waals surface area contributed by atoms with E-state index in [1.165, 1.54) is 12.3 Å². The number of carbonyl (C=O) groups is 1. The summed E-state index contributed by atoms with van der Waals surface area (Å²) in [5.41, 5.74) is 0.568. The molecule has 0 radical (unpaired) electrons. The summed E-state index contributed by atoms with van der Waals surface area (Å²) in [5, 5.41) is 6.40. The maximum absolute atomic E-state index is 13.8. The maximum Gasteiger partial charge on any atom is 0.289 e. The highest BCUT2D eigenvalue weighted by molar-refractivity contribution is 5.91. The lowest BCUT2D eigenvalue weighted by Gasteiger charge is -2.50. The van der Waals surface area contributed by atoms with Gasteiger partial charge < -0.3 is 14.6 Å². The molecular formula is C19H22FN3O3. The summed E-state index contributed by atoms with van der Waals surface area (Å²) in [4.78, 5) is 14.1. The summed E-state index contributed by atoms with van der Waals surface area (Å²) >= 11 is 0. The van der Waals surface area contributed by atoms with Crippen molar-refractivity contribution < 1.29 is 18.4 Å². The second kappa shape index (κ2) is 7.17. The van der Waals surface area contributed by atoms with Crippen molar-refractivity contribution in [1.82, 2.24) is 15.4 Å². The van der Waals surface area contributed by atoms with Gasteiger partial charge in [-0.1, -0.05) is 23.4 Å². The van der Waals surface area contributed by atoms with E-state index in [0.29, 0.717) is 19.0 Å². The van der Waals surface area contributed by atoms with Crippen LogP contribution in [0, 0.1) is 11.7 Å². The number of ether oxygens (including phenoxy) is 1. The number of amides is 1. The number of aromatic nitrogens is 1. The van der Waals surface area contributed by atoms with E-state index in [0.717, 1.165) is 38.1 Å². The molecule has 0 aliphatic carbocycles. The van der Waals surface area contributed by atoms with E-state index >= 15 is 0 Å². The van der Waals surface area contributed by atoms with Crippen molar-refractivity contribution in [3.63, 3.8) is 0 Å². The zero-order valence-electron chi connectivity index (χ0n) is 14.5. The highest BCUT2D eigenvalue weighted by Gasteiger charge is 2.52. The van der Waals surface area contributed by atoms with Crippen LogP contribution < -0.4 is 5.32 Å². The van der Waals surface area contributed by atoms with Crippen LogP contribution in [0.4, 0.5) is 4.39 Å². The number of carbonyl (C=O) groups excluding carboxylic acids is 1. The quantitative estimate of drug-likeness (QED) is 0.857. The second-order valence-electron chi connectivity index (χ2n) is 7.06. The average Bonchev–Trinajstić information content (AvgIpc) is 3.26. The molecule has 1 atom stereocenters. The zero-order valence-corrected chi connectivity index (χ0v) is 14.5. The molecule has 2 aliphatic heterocycles. The Morgan fingerprint density at radius 1 is 1.35 bits per heavy atom. The second-order valence-corrected chi connectivity index (χ2v) is 7.06. The zero-order chi connectivity index (χ0) is 18.0. The lowest BCUT2D eigenvalue weighted by atomic mass is 9.78. The molecule has 26 heavy (non-hydrogen) atoms. The molecule has 0 saturated carbocycles. The largest absolute Gasteiger partial charge is 0.372 e. The Balaban J connectivity index is 1.26. The van der Waals surface area contributed by atoms with E-state index in [1.54, 1.807) is 12.1 Å². The first-order valence-corrected chi connectivity index (χ1v) is 8.95. The van der Waals surface area contributed by atoms with Crippen LogP contribution in [0.5, 0.6) is 0 Å². The smallest absolute Gasteiger partial charge is 0.289 e. The minimum Gasteiger partial charge on any atom is -0.372 e. The fourth-order valence-corrected chi connectivity index (χ4v) is 4.01. The minimum atomic E-state index is -0.245. The summed E-state index contributed by atoms with van der Waals surface area (Å²) in [5.74, 6) is 0.217. The monoisotopic (exact) mass is 359 g/mol. The van der Waals surface area contributed by atoms with Gasteiger partial charge in [0.15, 0.2) is 0 Å². The predicted molar refractivity (Wildman–Crippen MR) is 91.9 cm³/mol. The summed E-state index contributed by atoms with van der Waals surface area (Å²) < 4.78 is 24.7. The predicted octanol–water partition coefficient (Wildman–Crippen LogP) is 2.22. The van der Waals surface area contributed by atoms with Gasteiger partial charge in [0.05, 0.1) is 11.8 Å². The molecular weight excluding hydrogens is 337 g/mol. The lowest BCUT2D eigenvalue weighted by molar-refractivity contribution is -0.137. The van der Waals surface area contributed by atoms with Crippen LogP contribution in [0.25, 0.3) is 0 Å². The number of nitrogens with zero attached hydrogens (tertiary/aromatic N) is 2. The summed E-state index contributed by atoms with van der Waals surface area (Å²) in [6, 6.07) is 8.44. The summed E-state index contributed by atoms with van der Waals surface area (Å²) in [7, 11) is 0. The molecule has 6 nitrogen and oxygen atoms in total. The number of likely N-dealkylation sites (tertiary alicyclic amines) is 1. The van der Waals surface area contributed by atoms with Crippen LogP contribution in [-0.2, 0) is 11.3 Å². The molecule has 1 spiro atoms. The molecule has 1 unspecified atom stereocenters. The van der Waals surface area contributed by atoms with Crippen molar-refractivity contribution >= 4 is 5.91 Å². The van der Waals surface area contributed by atoms with Crippen molar-refractivity contribution in [2.75, 3.05) is 26.2 Å². The average molecular weight is 359 g/mol. The number of hydrogen-bond acceptors (Lipinski definition) is 5. The highest BCUT2D eigenvalue weighted by Crippen LogP contribution is 2.42. The van der Waals surface area contributed by atoms with Crippen molar-refractivity contribution in [2.24, 2.45) is 5.92 Å². The van der Waals surface area contributed by atoms with E-state index in [2.05, 4.69) is 15.4 Å². The van der Waals surface area contributed by atoms with Crippen LogP contribution in [-0.4, -0.2) is 47.8 Å². The van der Waals surface area contributed by atoms with Crippen molar-refractivity contribution in [2.45, 2.75) is 25.0 Å². The van der Waals surface area contributed by atoms with Gasteiger partial charge in [-0.25, -0.2) is 4.39 Å². The van der Waals surface area contributed by atoms with Gasteiger partial charge in [-0.3, -0.25) is 9.69 Å². The molecule has 1 N–H and O–H groups in total. The van der Waals surface area contributed by atoms with Gasteiger partial charge in [-0.2, -0.15) is 0 Å². The van der Waals surface area contributed by atoms with Crippen LogP contribution in [0.3, 0.4) is 0 Å². The number of rotatable bonds is 6. The molecule has 2 aromatic rings. The van der Waals surface area contributed by atoms with Crippen LogP contribution in [0.2, 0.25) is 0 Å². The van der Waals surface area contributed by atoms with Gasteiger partial charge in [-0.15, -0.1) is 0 Å². The number of halogens is 1. The molecule has 7 heteroatoms. The van der Waals surface area contributed by atoms with Gasteiger partial charge in [0.2, 0.25) is 5.76 Å². The fraction of sp³-hybridized carbons (Fsp3) is 0.474. The Bertz CT molecular complexity index is 759. The third-order valence-electron chi connectivity index (χ3n) is 5.37. The van der Waals surface area contributed by atoms with E-state index in [-0.39, 0.29) is 23.1 Å². The molecule has 2 saturated heterocycles. The Hall–Kier alpha value is -2.25. The Kier molecular flexibility index (Phi) is 4.74. The topological polar surface area (TPSA) is 67.6 Å². The van der Waals surface area contributed by atoms with Crippen molar-refractivity contribution in [1.29, 1.82) is 0 Å². The van der Waals surface area contributed by atoms with Crippen molar-refractivity contribution in [3.8, 4) is 0 Å².